The Bertz CT molecular complexity index is 1900. The van der Waals surface area contributed by atoms with Crippen LogP contribution in [0.3, 0.4) is 0 Å². The van der Waals surface area contributed by atoms with Crippen molar-refractivity contribution < 1.29 is 23.6 Å². The second kappa shape index (κ2) is 11.5. The van der Waals surface area contributed by atoms with Crippen molar-refractivity contribution in [3.63, 3.8) is 0 Å². The van der Waals surface area contributed by atoms with E-state index in [1.54, 1.807) is 32.1 Å². The maximum absolute atomic E-state index is 13.9. The van der Waals surface area contributed by atoms with Gasteiger partial charge in [-0.05, 0) is 49.7 Å². The standard InChI is InChI=1S/C30H28N4O7S/c1-6-40-29(36)26-17(2)31-30-33(27(26)18-7-9-19(10-8-18)32(3)4)28(35)25(42-30)16-21-12-14-24(41-21)22-15-20(34(37)38)11-13-23(22)39-5/h7-16,27H,6H2,1-5H3/b25-16-/t27-/m0/s1. The van der Waals surface area contributed by atoms with Gasteiger partial charge in [0.2, 0.25) is 0 Å². The van der Waals surface area contributed by atoms with E-state index in [0.29, 0.717) is 43.4 Å². The number of benzene rings is 2. The Morgan fingerprint density at radius 3 is 2.57 bits per heavy atom. The van der Waals surface area contributed by atoms with Gasteiger partial charge in [-0.25, -0.2) is 9.79 Å². The van der Waals surface area contributed by atoms with Crippen LogP contribution >= 0.6 is 11.3 Å². The molecule has 0 spiro atoms. The topological polar surface area (TPSA) is 129 Å². The monoisotopic (exact) mass is 588 g/mol. The van der Waals surface area contributed by atoms with Crippen LogP contribution in [0.2, 0.25) is 0 Å². The molecule has 0 unspecified atom stereocenters. The van der Waals surface area contributed by atoms with E-state index in [2.05, 4.69) is 4.99 Å². The van der Waals surface area contributed by atoms with Crippen molar-refractivity contribution in [1.82, 2.24) is 4.57 Å². The number of nitrogens with zero attached hydrogens (tertiary/aromatic N) is 4. The molecule has 1 aliphatic heterocycles. The normalized spacial score (nSPS) is 14.8. The molecule has 5 rings (SSSR count). The number of nitro groups is 1. The van der Waals surface area contributed by atoms with Crippen LogP contribution in [-0.2, 0) is 9.53 Å². The molecule has 4 aromatic rings. The van der Waals surface area contributed by atoms with Crippen molar-refractivity contribution in [3.8, 4) is 17.1 Å². The van der Waals surface area contributed by atoms with E-state index in [9.17, 15) is 19.7 Å². The number of hydrogen-bond acceptors (Lipinski definition) is 10. The van der Waals surface area contributed by atoms with Crippen LogP contribution < -0.4 is 24.5 Å². The number of thiazole rings is 1. The van der Waals surface area contributed by atoms with Gasteiger partial charge < -0.3 is 18.8 Å². The number of ether oxygens (including phenoxy) is 2. The van der Waals surface area contributed by atoms with Gasteiger partial charge in [0.05, 0.1) is 46.0 Å². The predicted octanol–water partition coefficient (Wildman–Crippen LogP) is 4.04. The molecule has 0 saturated carbocycles. The predicted molar refractivity (Wildman–Crippen MR) is 159 cm³/mol. The van der Waals surface area contributed by atoms with Crippen molar-refractivity contribution >= 4 is 34.8 Å². The molecular formula is C30H28N4O7S. The summed E-state index contributed by atoms with van der Waals surface area (Å²) in [6, 6.07) is 14.4. The number of allylic oxidation sites excluding steroid dienone is 1. The summed E-state index contributed by atoms with van der Waals surface area (Å²) in [5.74, 6) is 0.574. The largest absolute Gasteiger partial charge is 0.496 e. The van der Waals surface area contributed by atoms with Crippen LogP contribution in [0.15, 0.2) is 80.1 Å². The molecule has 0 radical (unpaired) electrons. The second-order valence-corrected chi connectivity index (χ2v) is 10.6. The Morgan fingerprint density at radius 1 is 1.19 bits per heavy atom. The smallest absolute Gasteiger partial charge is 0.338 e. The zero-order valence-electron chi connectivity index (χ0n) is 23.6. The number of aromatic nitrogens is 1. The van der Waals surface area contributed by atoms with Gasteiger partial charge in [-0.15, -0.1) is 0 Å². The first-order valence-electron chi connectivity index (χ1n) is 13.0. The average Bonchev–Trinajstić information content (AvgIpc) is 3.56. The summed E-state index contributed by atoms with van der Waals surface area (Å²) in [7, 11) is 5.33. The Hall–Kier alpha value is -4.97. The number of anilines is 1. The molecule has 216 valence electrons. The Morgan fingerprint density at radius 2 is 1.93 bits per heavy atom. The lowest BCUT2D eigenvalue weighted by Gasteiger charge is -2.25. The van der Waals surface area contributed by atoms with Crippen LogP contribution in [0.25, 0.3) is 17.4 Å². The van der Waals surface area contributed by atoms with E-state index in [1.165, 1.54) is 41.2 Å². The lowest BCUT2D eigenvalue weighted by Crippen LogP contribution is -2.39. The molecule has 1 atom stereocenters. The fourth-order valence-corrected chi connectivity index (χ4v) is 5.79. The summed E-state index contributed by atoms with van der Waals surface area (Å²) in [5, 5.41) is 11.3. The lowest BCUT2D eigenvalue weighted by molar-refractivity contribution is -0.384. The maximum Gasteiger partial charge on any atom is 0.338 e. The third kappa shape index (κ3) is 5.23. The lowest BCUT2D eigenvalue weighted by atomic mass is 9.95. The molecule has 0 N–H and O–H groups in total. The molecule has 3 heterocycles. The van der Waals surface area contributed by atoms with Crippen LogP contribution in [0.5, 0.6) is 5.75 Å². The summed E-state index contributed by atoms with van der Waals surface area (Å²) in [6.07, 6.45) is 1.59. The third-order valence-electron chi connectivity index (χ3n) is 6.80. The first-order valence-corrected chi connectivity index (χ1v) is 13.8. The van der Waals surface area contributed by atoms with Gasteiger partial charge in [0.1, 0.15) is 17.3 Å². The molecule has 2 aromatic carbocycles. The Balaban J connectivity index is 1.62. The van der Waals surface area contributed by atoms with Gasteiger partial charge in [0.15, 0.2) is 4.80 Å². The quantitative estimate of drug-likeness (QED) is 0.171. The molecule has 0 aliphatic carbocycles. The first kappa shape index (κ1) is 28.6. The third-order valence-corrected chi connectivity index (χ3v) is 7.78. The van der Waals surface area contributed by atoms with Crippen molar-refractivity contribution in [1.29, 1.82) is 0 Å². The molecule has 0 fully saturated rings. The highest BCUT2D eigenvalue weighted by Gasteiger charge is 2.33. The summed E-state index contributed by atoms with van der Waals surface area (Å²) in [4.78, 5) is 44.8. The van der Waals surface area contributed by atoms with Crippen molar-refractivity contribution in [2.24, 2.45) is 4.99 Å². The van der Waals surface area contributed by atoms with Gasteiger partial charge in [-0.2, -0.15) is 0 Å². The van der Waals surface area contributed by atoms with Crippen molar-refractivity contribution in [2.75, 3.05) is 32.7 Å². The number of fused-ring (bicyclic) bond motifs is 1. The Labute approximate surface area is 244 Å². The van der Waals surface area contributed by atoms with E-state index in [1.807, 2.05) is 43.3 Å². The van der Waals surface area contributed by atoms with Gasteiger partial charge in [0.25, 0.3) is 11.2 Å². The van der Waals surface area contributed by atoms with Gasteiger partial charge in [-0.3, -0.25) is 19.5 Å². The SMILES string of the molecule is CCOC(=O)C1=C(C)N=c2s/c(=C\c3ccc(-c4cc([N+](=O)[O-])ccc4OC)o3)c(=O)n2[C@H]1c1ccc(N(C)C)cc1. The summed E-state index contributed by atoms with van der Waals surface area (Å²) in [6.45, 7) is 3.64. The molecular weight excluding hydrogens is 560 g/mol. The highest BCUT2D eigenvalue weighted by Crippen LogP contribution is 2.35. The number of carbonyl (C=O) groups is 1. The van der Waals surface area contributed by atoms with E-state index in [4.69, 9.17) is 13.9 Å². The zero-order chi connectivity index (χ0) is 30.1. The maximum atomic E-state index is 13.9. The van der Waals surface area contributed by atoms with E-state index < -0.39 is 16.9 Å². The molecule has 0 amide bonds. The minimum absolute atomic E-state index is 0.108. The van der Waals surface area contributed by atoms with Crippen molar-refractivity contribution in [2.45, 2.75) is 19.9 Å². The number of nitro benzene ring substituents is 1. The number of carbonyl (C=O) groups excluding carboxylic acids is 1. The Kier molecular flexibility index (Phi) is 7.81. The van der Waals surface area contributed by atoms with E-state index in [0.717, 1.165) is 11.3 Å². The number of rotatable bonds is 8. The number of non-ortho nitro benzene ring substituents is 1. The van der Waals surface area contributed by atoms with E-state index >= 15 is 0 Å². The number of esters is 1. The molecule has 0 saturated heterocycles. The van der Waals surface area contributed by atoms with Gasteiger partial charge in [-0.1, -0.05) is 23.5 Å². The molecule has 2 aromatic heterocycles. The molecule has 12 heteroatoms. The van der Waals surface area contributed by atoms with Crippen LogP contribution in [0.4, 0.5) is 11.4 Å². The summed E-state index contributed by atoms with van der Waals surface area (Å²) >= 11 is 1.17. The highest BCUT2D eigenvalue weighted by atomic mass is 32.1. The second-order valence-electron chi connectivity index (χ2n) is 9.63. The minimum Gasteiger partial charge on any atom is -0.496 e. The molecule has 1 aliphatic rings. The summed E-state index contributed by atoms with van der Waals surface area (Å²) < 4.78 is 18.6. The fraction of sp³-hybridized carbons (Fsp3) is 0.233. The van der Waals surface area contributed by atoms with Crippen LogP contribution in [0, 0.1) is 10.1 Å². The highest BCUT2D eigenvalue weighted by molar-refractivity contribution is 7.07. The van der Waals surface area contributed by atoms with Gasteiger partial charge in [0, 0.05) is 38.0 Å². The number of methoxy groups -OCH3 is 1. The fourth-order valence-electron chi connectivity index (χ4n) is 4.77. The van der Waals surface area contributed by atoms with Crippen LogP contribution in [0.1, 0.15) is 31.2 Å². The molecule has 11 nitrogen and oxygen atoms in total. The first-order chi connectivity index (χ1) is 20.1. The van der Waals surface area contributed by atoms with Crippen molar-refractivity contribution in [3.05, 3.63) is 107 Å². The number of furan rings is 1. The van der Waals surface area contributed by atoms with E-state index in [-0.39, 0.29) is 17.9 Å². The molecule has 42 heavy (non-hydrogen) atoms. The summed E-state index contributed by atoms with van der Waals surface area (Å²) in [5.41, 5.74) is 2.43. The van der Waals surface area contributed by atoms with Crippen LogP contribution in [-0.4, -0.2) is 43.3 Å². The average molecular weight is 589 g/mol. The zero-order valence-corrected chi connectivity index (χ0v) is 24.4. The molecule has 0 bridgehead atoms. The number of hydrogen-bond donors (Lipinski definition) is 0. The minimum atomic E-state index is -0.736. The van der Waals surface area contributed by atoms with Gasteiger partial charge >= 0.3 is 5.97 Å².